The van der Waals surface area contributed by atoms with Crippen molar-refractivity contribution in [3.63, 3.8) is 0 Å². The van der Waals surface area contributed by atoms with Crippen LogP contribution in [-0.2, 0) is 4.79 Å². The smallest absolute Gasteiger partial charge is 0.224 e. The Balaban J connectivity index is 2.54. The fourth-order valence-electron chi connectivity index (χ4n) is 1.48. The van der Waals surface area contributed by atoms with Gasteiger partial charge in [0.2, 0.25) is 5.91 Å². The molecule has 0 heterocycles. The number of hydrogen-bond donors (Lipinski definition) is 2. The van der Waals surface area contributed by atoms with Crippen molar-refractivity contribution in [1.82, 2.24) is 0 Å². The highest BCUT2D eigenvalue weighted by molar-refractivity contribution is 5.90. The van der Waals surface area contributed by atoms with Gasteiger partial charge in [0, 0.05) is 17.6 Å². The lowest BCUT2D eigenvalue weighted by molar-refractivity contribution is -0.116. The summed E-state index contributed by atoms with van der Waals surface area (Å²) in [7, 11) is 0. The van der Waals surface area contributed by atoms with Crippen molar-refractivity contribution in [2.24, 2.45) is 5.73 Å². The average Bonchev–Trinajstić information content (AvgIpc) is 2.20. The Morgan fingerprint density at radius 3 is 2.47 bits per heavy atom. The third-order valence-corrected chi connectivity index (χ3v) is 2.79. The van der Waals surface area contributed by atoms with Gasteiger partial charge in [-0.05, 0) is 57.4 Å². The topological polar surface area (TPSA) is 55.1 Å². The number of amides is 1. The van der Waals surface area contributed by atoms with E-state index in [9.17, 15) is 4.79 Å². The molecule has 0 unspecified atom stereocenters. The van der Waals surface area contributed by atoms with Crippen molar-refractivity contribution in [3.8, 4) is 0 Å². The molecular formula is C14H22N2O. The van der Waals surface area contributed by atoms with E-state index in [4.69, 9.17) is 5.73 Å². The molecule has 3 nitrogen and oxygen atoms in total. The largest absolute Gasteiger partial charge is 0.326 e. The minimum atomic E-state index is -0.291. The van der Waals surface area contributed by atoms with E-state index in [1.165, 1.54) is 11.1 Å². The molecule has 3 heteroatoms. The van der Waals surface area contributed by atoms with Crippen LogP contribution in [0.1, 0.15) is 37.8 Å². The van der Waals surface area contributed by atoms with Crippen LogP contribution in [0, 0.1) is 13.8 Å². The van der Waals surface area contributed by atoms with Gasteiger partial charge in [-0.1, -0.05) is 6.07 Å². The number of anilines is 1. The normalized spacial score (nSPS) is 11.4. The van der Waals surface area contributed by atoms with E-state index in [0.29, 0.717) is 12.8 Å². The molecule has 0 aromatic heterocycles. The summed E-state index contributed by atoms with van der Waals surface area (Å²) >= 11 is 0. The van der Waals surface area contributed by atoms with Gasteiger partial charge >= 0.3 is 0 Å². The second kappa shape index (κ2) is 5.32. The fourth-order valence-corrected chi connectivity index (χ4v) is 1.48. The number of carbonyl (C=O) groups is 1. The van der Waals surface area contributed by atoms with E-state index >= 15 is 0 Å². The van der Waals surface area contributed by atoms with Gasteiger partial charge in [0.25, 0.3) is 0 Å². The molecule has 0 atom stereocenters. The molecule has 1 rings (SSSR count). The Kier molecular flexibility index (Phi) is 4.29. The zero-order valence-corrected chi connectivity index (χ0v) is 11.1. The molecule has 0 aliphatic carbocycles. The Morgan fingerprint density at radius 1 is 1.29 bits per heavy atom. The minimum Gasteiger partial charge on any atom is -0.326 e. The number of hydrogen-bond acceptors (Lipinski definition) is 2. The van der Waals surface area contributed by atoms with Crippen LogP contribution in [0.5, 0.6) is 0 Å². The molecule has 1 aromatic rings. The highest BCUT2D eigenvalue weighted by atomic mass is 16.1. The van der Waals surface area contributed by atoms with Crippen LogP contribution in [0.25, 0.3) is 0 Å². The first-order chi connectivity index (χ1) is 7.78. The predicted molar refractivity (Wildman–Crippen MR) is 72.0 cm³/mol. The van der Waals surface area contributed by atoms with Gasteiger partial charge in [0.1, 0.15) is 0 Å². The monoisotopic (exact) mass is 234 g/mol. The summed E-state index contributed by atoms with van der Waals surface area (Å²) in [6.45, 7) is 7.94. The summed E-state index contributed by atoms with van der Waals surface area (Å²) in [4.78, 5) is 11.7. The van der Waals surface area contributed by atoms with Crippen LogP contribution < -0.4 is 11.1 Å². The molecule has 1 aromatic carbocycles. The van der Waals surface area contributed by atoms with Crippen molar-refractivity contribution in [2.75, 3.05) is 5.32 Å². The molecule has 0 bridgehead atoms. The van der Waals surface area contributed by atoms with E-state index in [1.807, 2.05) is 39.0 Å². The lowest BCUT2D eigenvalue weighted by Crippen LogP contribution is -2.33. The molecule has 0 aliphatic rings. The summed E-state index contributed by atoms with van der Waals surface area (Å²) in [6.07, 6.45) is 1.14. The standard InChI is InChI=1S/C14H22N2O/c1-10-5-6-12(9-11(10)2)16-13(17)7-8-14(3,4)15/h5-6,9H,7-8,15H2,1-4H3,(H,16,17). The lowest BCUT2D eigenvalue weighted by atomic mass is 10.00. The third kappa shape index (κ3) is 5.00. The van der Waals surface area contributed by atoms with Crippen LogP contribution in [0.3, 0.4) is 0 Å². The molecule has 0 aliphatic heterocycles. The van der Waals surface area contributed by atoms with Gasteiger partial charge in [0.15, 0.2) is 0 Å². The summed E-state index contributed by atoms with van der Waals surface area (Å²) in [6, 6.07) is 5.92. The predicted octanol–water partition coefficient (Wildman–Crippen LogP) is 2.76. The average molecular weight is 234 g/mol. The maximum atomic E-state index is 11.7. The van der Waals surface area contributed by atoms with Gasteiger partial charge in [-0.3, -0.25) is 4.79 Å². The zero-order chi connectivity index (χ0) is 13.1. The highest BCUT2D eigenvalue weighted by Crippen LogP contribution is 2.15. The minimum absolute atomic E-state index is 0.0202. The van der Waals surface area contributed by atoms with Crippen LogP contribution in [0.2, 0.25) is 0 Å². The van der Waals surface area contributed by atoms with Gasteiger partial charge < -0.3 is 11.1 Å². The second-order valence-corrected chi connectivity index (χ2v) is 5.34. The highest BCUT2D eigenvalue weighted by Gasteiger charge is 2.13. The van der Waals surface area contributed by atoms with E-state index in [1.54, 1.807) is 0 Å². The summed E-state index contributed by atoms with van der Waals surface area (Å²) < 4.78 is 0. The summed E-state index contributed by atoms with van der Waals surface area (Å²) in [5, 5.41) is 2.89. The number of nitrogens with one attached hydrogen (secondary N) is 1. The SMILES string of the molecule is Cc1ccc(NC(=O)CCC(C)(C)N)cc1C. The lowest BCUT2D eigenvalue weighted by Gasteiger charge is -2.17. The summed E-state index contributed by atoms with van der Waals surface area (Å²) in [5.74, 6) is 0.0202. The Morgan fingerprint density at radius 2 is 1.94 bits per heavy atom. The molecule has 3 N–H and O–H groups in total. The molecule has 0 fully saturated rings. The fraction of sp³-hybridized carbons (Fsp3) is 0.500. The second-order valence-electron chi connectivity index (χ2n) is 5.34. The Hall–Kier alpha value is -1.35. The van der Waals surface area contributed by atoms with Crippen LogP contribution in [0.15, 0.2) is 18.2 Å². The molecule has 0 radical (unpaired) electrons. The first kappa shape index (κ1) is 13.7. The summed E-state index contributed by atoms with van der Waals surface area (Å²) in [5.41, 5.74) is 8.81. The maximum absolute atomic E-state index is 11.7. The molecule has 0 spiro atoms. The molecule has 1 amide bonds. The van der Waals surface area contributed by atoms with E-state index in [0.717, 1.165) is 5.69 Å². The third-order valence-electron chi connectivity index (χ3n) is 2.79. The van der Waals surface area contributed by atoms with Crippen LogP contribution in [0.4, 0.5) is 5.69 Å². The van der Waals surface area contributed by atoms with Gasteiger partial charge in [-0.25, -0.2) is 0 Å². The molecular weight excluding hydrogens is 212 g/mol. The first-order valence-corrected chi connectivity index (χ1v) is 5.94. The van der Waals surface area contributed by atoms with Crippen molar-refractivity contribution >= 4 is 11.6 Å². The van der Waals surface area contributed by atoms with Crippen molar-refractivity contribution in [3.05, 3.63) is 29.3 Å². The first-order valence-electron chi connectivity index (χ1n) is 5.94. The Bertz CT molecular complexity index is 405. The van der Waals surface area contributed by atoms with Gasteiger partial charge in [-0.2, -0.15) is 0 Å². The van der Waals surface area contributed by atoms with Gasteiger partial charge in [-0.15, -0.1) is 0 Å². The molecule has 17 heavy (non-hydrogen) atoms. The quantitative estimate of drug-likeness (QED) is 0.841. The Labute approximate surface area is 103 Å². The molecule has 0 saturated heterocycles. The molecule has 0 saturated carbocycles. The van der Waals surface area contributed by atoms with Gasteiger partial charge in [0.05, 0.1) is 0 Å². The van der Waals surface area contributed by atoms with E-state index in [-0.39, 0.29) is 11.4 Å². The number of benzene rings is 1. The number of rotatable bonds is 4. The maximum Gasteiger partial charge on any atom is 0.224 e. The van der Waals surface area contributed by atoms with Crippen molar-refractivity contribution < 1.29 is 4.79 Å². The molecule has 94 valence electrons. The number of carbonyl (C=O) groups excluding carboxylic acids is 1. The number of nitrogens with two attached hydrogens (primary N) is 1. The van der Waals surface area contributed by atoms with E-state index in [2.05, 4.69) is 12.2 Å². The van der Waals surface area contributed by atoms with Crippen molar-refractivity contribution in [2.45, 2.75) is 46.1 Å². The van der Waals surface area contributed by atoms with Crippen LogP contribution >= 0.6 is 0 Å². The van der Waals surface area contributed by atoms with E-state index < -0.39 is 0 Å². The van der Waals surface area contributed by atoms with Crippen LogP contribution in [-0.4, -0.2) is 11.4 Å². The number of aryl methyl sites for hydroxylation is 2. The van der Waals surface area contributed by atoms with Crippen molar-refractivity contribution in [1.29, 1.82) is 0 Å². The zero-order valence-electron chi connectivity index (χ0n) is 11.1.